The first kappa shape index (κ1) is 27.9. The molecule has 1 unspecified atom stereocenters. The lowest BCUT2D eigenvalue weighted by Gasteiger charge is -2.24. The number of anilines is 1. The number of hydrogen-bond acceptors (Lipinski definition) is 4. The van der Waals surface area contributed by atoms with Crippen molar-refractivity contribution in [1.29, 1.82) is 0 Å². The van der Waals surface area contributed by atoms with E-state index in [1.807, 2.05) is 25.1 Å². The highest BCUT2D eigenvalue weighted by atomic mass is 35.5. The SMILES string of the molecule is CC1\C=C(N[C@@H](C)c2cccc(NC(=O)c3cc(C4CCNCC4)cc(C(F)(F)F)c3)c2)/N=C(Cl)\C=C\C1. The summed E-state index contributed by atoms with van der Waals surface area (Å²) in [5.41, 5.74) is 1.11. The number of allylic oxidation sites excluding steroid dienone is 3. The van der Waals surface area contributed by atoms with Gasteiger partial charge in [-0.25, -0.2) is 4.99 Å². The van der Waals surface area contributed by atoms with Crippen LogP contribution in [0.3, 0.4) is 0 Å². The minimum atomic E-state index is -4.54. The van der Waals surface area contributed by atoms with Crippen LogP contribution < -0.4 is 16.0 Å². The van der Waals surface area contributed by atoms with Crippen LogP contribution in [-0.2, 0) is 6.18 Å². The van der Waals surface area contributed by atoms with Crippen LogP contribution in [0, 0.1) is 5.92 Å². The summed E-state index contributed by atoms with van der Waals surface area (Å²) in [6.45, 7) is 5.53. The van der Waals surface area contributed by atoms with Gasteiger partial charge in [-0.1, -0.05) is 36.7 Å². The second-order valence-corrected chi connectivity index (χ2v) is 10.3. The smallest absolute Gasteiger partial charge is 0.364 e. The Kier molecular flexibility index (Phi) is 8.95. The molecule has 1 amide bonds. The highest BCUT2D eigenvalue weighted by molar-refractivity contribution is 6.68. The molecule has 2 atom stereocenters. The van der Waals surface area contributed by atoms with Crippen molar-refractivity contribution in [2.24, 2.45) is 10.9 Å². The fourth-order valence-electron chi connectivity index (χ4n) is 4.72. The molecule has 0 radical (unpaired) electrons. The molecular formula is C29H32ClF3N4O. The van der Waals surface area contributed by atoms with E-state index in [0.717, 1.165) is 44.0 Å². The van der Waals surface area contributed by atoms with Gasteiger partial charge in [0.1, 0.15) is 11.0 Å². The lowest BCUT2D eigenvalue weighted by molar-refractivity contribution is -0.137. The maximum Gasteiger partial charge on any atom is 0.416 e. The molecule has 0 saturated carbocycles. The highest BCUT2D eigenvalue weighted by Crippen LogP contribution is 2.35. The molecule has 2 aromatic carbocycles. The van der Waals surface area contributed by atoms with Crippen LogP contribution in [0.1, 0.15) is 72.1 Å². The monoisotopic (exact) mass is 544 g/mol. The molecule has 5 nitrogen and oxygen atoms in total. The first-order valence-electron chi connectivity index (χ1n) is 12.8. The molecule has 2 aliphatic heterocycles. The van der Waals surface area contributed by atoms with E-state index in [0.29, 0.717) is 22.2 Å². The van der Waals surface area contributed by atoms with Crippen LogP contribution in [0.2, 0.25) is 0 Å². The van der Waals surface area contributed by atoms with Gasteiger partial charge in [0.2, 0.25) is 0 Å². The number of alkyl halides is 3. The summed E-state index contributed by atoms with van der Waals surface area (Å²) in [5, 5.41) is 9.74. The predicted octanol–water partition coefficient (Wildman–Crippen LogP) is 7.15. The Bertz CT molecular complexity index is 1250. The maximum absolute atomic E-state index is 13.7. The van der Waals surface area contributed by atoms with E-state index in [1.54, 1.807) is 30.3 Å². The average Bonchev–Trinajstić information content (AvgIpc) is 2.87. The number of nitrogens with one attached hydrogen (secondary N) is 3. The minimum Gasteiger partial charge on any atom is -0.364 e. The van der Waals surface area contributed by atoms with Crippen LogP contribution >= 0.6 is 11.6 Å². The summed E-state index contributed by atoms with van der Waals surface area (Å²) in [6, 6.07) is 10.7. The number of halogens is 4. The van der Waals surface area contributed by atoms with Crippen LogP contribution in [0.15, 0.2) is 71.5 Å². The van der Waals surface area contributed by atoms with Gasteiger partial charge in [-0.15, -0.1) is 0 Å². The average molecular weight is 545 g/mol. The zero-order valence-electron chi connectivity index (χ0n) is 21.4. The number of nitrogens with zero attached hydrogens (tertiary/aromatic N) is 1. The van der Waals surface area contributed by atoms with E-state index in [9.17, 15) is 18.0 Å². The normalized spacial score (nSPS) is 23.2. The summed E-state index contributed by atoms with van der Waals surface area (Å²) < 4.78 is 41.0. The molecule has 2 aromatic rings. The Morgan fingerprint density at radius 1 is 1.16 bits per heavy atom. The summed E-state index contributed by atoms with van der Waals surface area (Å²) in [7, 11) is 0. The highest BCUT2D eigenvalue weighted by Gasteiger charge is 2.33. The first-order valence-corrected chi connectivity index (χ1v) is 13.2. The van der Waals surface area contributed by atoms with Gasteiger partial charge in [0.25, 0.3) is 5.91 Å². The number of hydrogen-bond donors (Lipinski definition) is 3. The van der Waals surface area contributed by atoms with Crippen molar-refractivity contribution in [1.82, 2.24) is 10.6 Å². The summed E-state index contributed by atoms with van der Waals surface area (Å²) in [5.74, 6) is 0.339. The Balaban J connectivity index is 1.53. The van der Waals surface area contributed by atoms with Gasteiger partial charge >= 0.3 is 6.18 Å². The molecule has 1 saturated heterocycles. The molecule has 0 aliphatic carbocycles. The van der Waals surface area contributed by atoms with E-state index in [-0.39, 0.29) is 23.4 Å². The van der Waals surface area contributed by atoms with Crippen molar-refractivity contribution < 1.29 is 18.0 Å². The maximum atomic E-state index is 13.7. The molecule has 38 heavy (non-hydrogen) atoms. The second-order valence-electron chi connectivity index (χ2n) is 9.91. The Hall–Kier alpha value is -3.10. The van der Waals surface area contributed by atoms with Gasteiger partial charge in [-0.05, 0) is 105 Å². The largest absolute Gasteiger partial charge is 0.416 e. The van der Waals surface area contributed by atoms with Crippen molar-refractivity contribution in [2.45, 2.75) is 51.2 Å². The third-order valence-electron chi connectivity index (χ3n) is 6.80. The molecule has 2 heterocycles. The zero-order valence-corrected chi connectivity index (χ0v) is 22.2. The topological polar surface area (TPSA) is 65.5 Å². The molecule has 1 fully saturated rings. The van der Waals surface area contributed by atoms with Crippen molar-refractivity contribution in [3.05, 3.63) is 88.8 Å². The molecule has 2 aliphatic rings. The van der Waals surface area contributed by atoms with E-state index < -0.39 is 17.6 Å². The molecule has 0 spiro atoms. The van der Waals surface area contributed by atoms with Crippen LogP contribution in [0.25, 0.3) is 0 Å². The number of carbonyl (C=O) groups excluding carboxylic acids is 1. The summed E-state index contributed by atoms with van der Waals surface area (Å²) >= 11 is 6.17. The third kappa shape index (κ3) is 7.48. The Morgan fingerprint density at radius 3 is 2.66 bits per heavy atom. The Labute approximate surface area is 226 Å². The van der Waals surface area contributed by atoms with Gasteiger partial charge < -0.3 is 16.0 Å². The van der Waals surface area contributed by atoms with E-state index in [1.165, 1.54) is 6.07 Å². The van der Waals surface area contributed by atoms with E-state index >= 15 is 0 Å². The van der Waals surface area contributed by atoms with Gasteiger partial charge in [-0.3, -0.25) is 4.79 Å². The fraction of sp³-hybridized carbons (Fsp3) is 0.379. The molecule has 9 heteroatoms. The number of amides is 1. The summed E-state index contributed by atoms with van der Waals surface area (Å²) in [6.07, 6.45) is 3.55. The molecule has 202 valence electrons. The van der Waals surface area contributed by atoms with Crippen LogP contribution in [-0.4, -0.2) is 24.2 Å². The predicted molar refractivity (Wildman–Crippen MR) is 147 cm³/mol. The Morgan fingerprint density at radius 2 is 1.92 bits per heavy atom. The van der Waals surface area contributed by atoms with Crippen LogP contribution in [0.4, 0.5) is 18.9 Å². The van der Waals surface area contributed by atoms with E-state index in [2.05, 4.69) is 27.9 Å². The van der Waals surface area contributed by atoms with Gasteiger partial charge in [0, 0.05) is 11.3 Å². The molecule has 0 bridgehead atoms. The van der Waals surface area contributed by atoms with E-state index in [4.69, 9.17) is 11.6 Å². The van der Waals surface area contributed by atoms with Gasteiger partial charge in [0.15, 0.2) is 0 Å². The van der Waals surface area contributed by atoms with Crippen molar-refractivity contribution >= 4 is 28.4 Å². The number of benzene rings is 2. The number of rotatable bonds is 6. The number of aliphatic imine (C=N–C) groups is 1. The lowest BCUT2D eigenvalue weighted by Crippen LogP contribution is -2.27. The molecule has 3 N–H and O–H groups in total. The van der Waals surface area contributed by atoms with Gasteiger partial charge in [-0.2, -0.15) is 13.2 Å². The number of carbonyl (C=O) groups is 1. The molecular weight excluding hydrogens is 513 g/mol. The quantitative estimate of drug-likeness (QED) is 0.362. The third-order valence-corrected chi connectivity index (χ3v) is 7.01. The molecule has 4 rings (SSSR count). The second kappa shape index (κ2) is 12.2. The van der Waals surface area contributed by atoms with Crippen LogP contribution in [0.5, 0.6) is 0 Å². The first-order chi connectivity index (χ1) is 18.1. The van der Waals surface area contributed by atoms with Gasteiger partial charge in [0.05, 0.1) is 11.6 Å². The van der Waals surface area contributed by atoms with Crippen molar-refractivity contribution in [3.63, 3.8) is 0 Å². The number of piperidine rings is 1. The fourth-order valence-corrected chi connectivity index (χ4v) is 4.90. The lowest BCUT2D eigenvalue weighted by atomic mass is 9.88. The summed E-state index contributed by atoms with van der Waals surface area (Å²) in [4.78, 5) is 17.5. The zero-order chi connectivity index (χ0) is 27.3. The molecule has 0 aromatic heterocycles. The minimum absolute atomic E-state index is 0.00404. The standard InChI is InChI=1S/C29H32ClF3N4O/c1-18-5-3-8-26(30)37-27(13-18)35-19(2)21-6-4-7-25(17-21)36-28(38)23-14-22(20-9-11-34-12-10-20)15-24(16-23)29(31,32)33/h3-4,6-8,13-20,34-35H,5,9-12H2,1-2H3,(H,36,38)/b8-3+,27-13-,37-26+/t18?,19-/m0/s1. The van der Waals surface area contributed by atoms with Crippen molar-refractivity contribution in [3.8, 4) is 0 Å². The van der Waals surface area contributed by atoms with Crippen molar-refractivity contribution in [2.75, 3.05) is 18.4 Å².